The van der Waals surface area contributed by atoms with E-state index in [2.05, 4.69) is 5.32 Å². The van der Waals surface area contributed by atoms with E-state index in [1.807, 2.05) is 88.4 Å². The van der Waals surface area contributed by atoms with Crippen LogP contribution in [0.3, 0.4) is 0 Å². The maximum atomic E-state index is 12.5. The Hall–Kier alpha value is -3.06. The maximum Gasteiger partial charge on any atom is 0.410 e. The van der Waals surface area contributed by atoms with E-state index in [9.17, 15) is 14.7 Å². The van der Waals surface area contributed by atoms with Crippen molar-refractivity contribution < 1.29 is 24.2 Å². The Bertz CT molecular complexity index is 819. The van der Waals surface area contributed by atoms with E-state index in [1.54, 1.807) is 4.90 Å². The van der Waals surface area contributed by atoms with Gasteiger partial charge >= 0.3 is 12.2 Å². The van der Waals surface area contributed by atoms with Crippen molar-refractivity contribution in [1.29, 1.82) is 0 Å². The number of carbonyl (C=O) groups excluding carboxylic acids is 2. The molecule has 2 N–H and O–H groups in total. The van der Waals surface area contributed by atoms with Crippen molar-refractivity contribution in [2.45, 2.75) is 65.0 Å². The van der Waals surface area contributed by atoms with Gasteiger partial charge in [0.1, 0.15) is 19.3 Å². The lowest BCUT2D eigenvalue weighted by atomic mass is 10.0. The fourth-order valence-corrected chi connectivity index (χ4v) is 3.43. The van der Waals surface area contributed by atoms with Crippen LogP contribution in [0.25, 0.3) is 0 Å². The lowest BCUT2D eigenvalue weighted by Gasteiger charge is -2.31. The van der Waals surface area contributed by atoms with Gasteiger partial charge in [-0.05, 0) is 45.2 Å². The summed E-state index contributed by atoms with van der Waals surface area (Å²) in [6, 6.07) is 18.0. The molecule has 0 saturated heterocycles. The number of carbonyl (C=O) groups is 2. The zero-order valence-electron chi connectivity index (χ0n) is 19.2. The number of nitrogens with one attached hydrogen (secondary N) is 1. The van der Waals surface area contributed by atoms with Crippen LogP contribution in [-0.4, -0.2) is 53.0 Å². The second-order valence-electron chi connectivity index (χ2n) is 8.24. The van der Waals surface area contributed by atoms with Crippen LogP contribution in [-0.2, 0) is 22.5 Å². The third-order valence-corrected chi connectivity index (χ3v) is 4.98. The average molecular weight is 443 g/mol. The SMILES string of the molecule is CC(C)N(C(=O)OC[C@@H](O)[C@H](Cc1ccccc1)NC(=O)OCc1ccccc1)C(C)C. The Labute approximate surface area is 190 Å². The maximum absolute atomic E-state index is 12.5. The molecule has 0 radical (unpaired) electrons. The predicted molar refractivity (Wildman–Crippen MR) is 123 cm³/mol. The molecule has 174 valence electrons. The normalized spacial score (nSPS) is 12.8. The Morgan fingerprint density at radius 1 is 0.875 bits per heavy atom. The average Bonchev–Trinajstić information content (AvgIpc) is 2.76. The summed E-state index contributed by atoms with van der Waals surface area (Å²) in [4.78, 5) is 26.5. The Balaban J connectivity index is 2.00. The van der Waals surface area contributed by atoms with Gasteiger partial charge < -0.3 is 24.8 Å². The van der Waals surface area contributed by atoms with Crippen molar-refractivity contribution in [3.63, 3.8) is 0 Å². The number of rotatable bonds is 10. The standard InChI is InChI=1S/C25H34N2O5/c1-18(2)27(19(3)4)25(30)32-17-23(28)22(15-20-11-7-5-8-12-20)26-24(29)31-16-21-13-9-6-10-14-21/h5-14,18-19,22-23,28H,15-17H2,1-4H3,(H,26,29)/t22-,23+/m0/s1. The number of hydrogen-bond acceptors (Lipinski definition) is 5. The van der Waals surface area contributed by atoms with Crippen LogP contribution in [0, 0.1) is 0 Å². The Morgan fingerprint density at radius 2 is 1.41 bits per heavy atom. The van der Waals surface area contributed by atoms with Crippen LogP contribution in [0.5, 0.6) is 0 Å². The van der Waals surface area contributed by atoms with Gasteiger partial charge in [-0.25, -0.2) is 9.59 Å². The number of nitrogens with zero attached hydrogens (tertiary/aromatic N) is 1. The smallest absolute Gasteiger partial charge is 0.410 e. The van der Waals surface area contributed by atoms with E-state index < -0.39 is 24.3 Å². The van der Waals surface area contributed by atoms with Crippen LogP contribution in [0.4, 0.5) is 9.59 Å². The monoisotopic (exact) mass is 442 g/mol. The van der Waals surface area contributed by atoms with Crippen LogP contribution >= 0.6 is 0 Å². The van der Waals surface area contributed by atoms with E-state index >= 15 is 0 Å². The second-order valence-corrected chi connectivity index (χ2v) is 8.24. The zero-order chi connectivity index (χ0) is 23.5. The number of hydrogen-bond donors (Lipinski definition) is 2. The molecule has 0 aliphatic rings. The molecule has 0 bridgehead atoms. The van der Waals surface area contributed by atoms with Gasteiger partial charge in [0.25, 0.3) is 0 Å². The topological polar surface area (TPSA) is 88.1 Å². The minimum Gasteiger partial charge on any atom is -0.447 e. The van der Waals surface area contributed by atoms with Gasteiger partial charge in [0.2, 0.25) is 0 Å². The molecule has 32 heavy (non-hydrogen) atoms. The minimum atomic E-state index is -1.11. The van der Waals surface area contributed by atoms with Crippen molar-refractivity contribution in [3.05, 3.63) is 71.8 Å². The third-order valence-electron chi connectivity index (χ3n) is 4.98. The van der Waals surface area contributed by atoms with Gasteiger partial charge in [-0.3, -0.25) is 0 Å². The number of aliphatic hydroxyl groups is 1. The summed E-state index contributed by atoms with van der Waals surface area (Å²) in [5.41, 5.74) is 1.79. The first kappa shape index (κ1) is 25.2. The molecule has 0 aromatic heterocycles. The highest BCUT2D eigenvalue weighted by molar-refractivity contribution is 5.69. The van der Waals surface area contributed by atoms with Crippen LogP contribution in [0.15, 0.2) is 60.7 Å². The summed E-state index contributed by atoms with van der Waals surface area (Å²) in [5.74, 6) is 0. The van der Waals surface area contributed by atoms with Crippen molar-refractivity contribution >= 4 is 12.2 Å². The molecular formula is C25H34N2O5. The molecule has 0 aliphatic heterocycles. The van der Waals surface area contributed by atoms with Gasteiger partial charge in [-0.2, -0.15) is 0 Å². The molecule has 2 aromatic carbocycles. The zero-order valence-corrected chi connectivity index (χ0v) is 19.2. The molecule has 2 atom stereocenters. The largest absolute Gasteiger partial charge is 0.447 e. The fraction of sp³-hybridized carbons (Fsp3) is 0.440. The second kappa shape index (κ2) is 12.7. The number of benzene rings is 2. The van der Waals surface area contributed by atoms with Gasteiger partial charge in [-0.15, -0.1) is 0 Å². The molecule has 7 heteroatoms. The predicted octanol–water partition coefficient (Wildman–Crippen LogP) is 4.14. The Morgan fingerprint density at radius 3 is 1.94 bits per heavy atom. The highest BCUT2D eigenvalue weighted by Crippen LogP contribution is 2.11. The summed E-state index contributed by atoms with van der Waals surface area (Å²) in [6.07, 6.45) is -1.90. The number of alkyl carbamates (subject to hydrolysis) is 1. The van der Waals surface area contributed by atoms with Gasteiger partial charge in [0.15, 0.2) is 0 Å². The summed E-state index contributed by atoms with van der Waals surface area (Å²) >= 11 is 0. The van der Waals surface area contributed by atoms with Crippen molar-refractivity contribution in [2.75, 3.05) is 6.61 Å². The van der Waals surface area contributed by atoms with Crippen molar-refractivity contribution in [3.8, 4) is 0 Å². The first-order chi connectivity index (χ1) is 15.3. The van der Waals surface area contributed by atoms with E-state index in [0.717, 1.165) is 11.1 Å². The molecular weight excluding hydrogens is 408 g/mol. The number of aliphatic hydroxyl groups excluding tert-OH is 1. The van der Waals surface area contributed by atoms with Gasteiger partial charge in [0.05, 0.1) is 6.04 Å². The number of amides is 2. The minimum absolute atomic E-state index is 0.0363. The van der Waals surface area contributed by atoms with E-state index in [4.69, 9.17) is 9.47 Å². The van der Waals surface area contributed by atoms with Gasteiger partial charge in [0, 0.05) is 12.1 Å². The first-order valence-electron chi connectivity index (χ1n) is 10.9. The summed E-state index contributed by atoms with van der Waals surface area (Å²) in [7, 11) is 0. The van der Waals surface area contributed by atoms with Gasteiger partial charge in [-0.1, -0.05) is 60.7 Å². The Kier molecular flexibility index (Phi) is 10.0. The summed E-state index contributed by atoms with van der Waals surface area (Å²) < 4.78 is 10.7. The van der Waals surface area contributed by atoms with Crippen molar-refractivity contribution in [1.82, 2.24) is 10.2 Å². The highest BCUT2D eigenvalue weighted by Gasteiger charge is 2.27. The quantitative estimate of drug-likeness (QED) is 0.577. The highest BCUT2D eigenvalue weighted by atomic mass is 16.6. The van der Waals surface area contributed by atoms with Crippen LogP contribution < -0.4 is 5.32 Å². The molecule has 0 aliphatic carbocycles. The molecule has 0 heterocycles. The molecule has 0 fully saturated rings. The molecule has 2 aromatic rings. The van der Waals surface area contributed by atoms with Crippen molar-refractivity contribution in [2.24, 2.45) is 0 Å². The summed E-state index contributed by atoms with van der Waals surface area (Å²) in [5, 5.41) is 13.5. The molecule has 2 rings (SSSR count). The third kappa shape index (κ3) is 8.23. The molecule has 0 spiro atoms. The van der Waals surface area contributed by atoms with Crippen LogP contribution in [0.1, 0.15) is 38.8 Å². The fourth-order valence-electron chi connectivity index (χ4n) is 3.43. The van der Waals surface area contributed by atoms with E-state index in [-0.39, 0.29) is 25.3 Å². The molecule has 0 unspecified atom stereocenters. The first-order valence-corrected chi connectivity index (χ1v) is 10.9. The van der Waals surface area contributed by atoms with Crippen LogP contribution in [0.2, 0.25) is 0 Å². The summed E-state index contributed by atoms with van der Waals surface area (Å²) in [6.45, 7) is 7.49. The molecule has 2 amide bonds. The molecule has 7 nitrogen and oxygen atoms in total. The van der Waals surface area contributed by atoms with E-state index in [1.165, 1.54) is 0 Å². The molecule has 0 saturated carbocycles. The van der Waals surface area contributed by atoms with E-state index in [0.29, 0.717) is 6.42 Å². The lowest BCUT2D eigenvalue weighted by molar-refractivity contribution is 0.0204. The lowest BCUT2D eigenvalue weighted by Crippen LogP contribution is -2.48. The number of ether oxygens (including phenoxy) is 2.